The minimum absolute atomic E-state index is 0.252. The van der Waals surface area contributed by atoms with Crippen LogP contribution < -0.4 is 9.64 Å². The van der Waals surface area contributed by atoms with Crippen molar-refractivity contribution in [2.75, 3.05) is 31.2 Å². The number of allylic oxidation sites excluding steroid dienone is 1. The Bertz CT molecular complexity index is 861. The number of aromatic nitrogens is 3. The van der Waals surface area contributed by atoms with Gasteiger partial charge in [-0.05, 0) is 25.5 Å². The van der Waals surface area contributed by atoms with E-state index in [2.05, 4.69) is 22.8 Å². The number of anilines is 1. The number of ether oxygens (including phenoxy) is 2. The number of benzene rings is 1. The molecular weight excluding hydrogens is 361 g/mol. The van der Waals surface area contributed by atoms with Crippen molar-refractivity contribution < 1.29 is 13.9 Å². The summed E-state index contributed by atoms with van der Waals surface area (Å²) in [6.45, 7) is 8.51. The van der Waals surface area contributed by atoms with E-state index in [-0.39, 0.29) is 11.6 Å². The van der Waals surface area contributed by atoms with Gasteiger partial charge in [-0.3, -0.25) is 4.57 Å². The van der Waals surface area contributed by atoms with Crippen molar-refractivity contribution in [2.45, 2.75) is 32.4 Å². The zero-order valence-corrected chi connectivity index (χ0v) is 16.0. The molecule has 1 atom stereocenters. The Hall–Kier alpha value is -2.92. The van der Waals surface area contributed by atoms with E-state index in [1.54, 1.807) is 18.2 Å². The van der Waals surface area contributed by atoms with Crippen LogP contribution in [0.25, 0.3) is 0 Å². The normalized spacial score (nSPS) is 16.6. The van der Waals surface area contributed by atoms with E-state index >= 15 is 0 Å². The zero-order valence-electron chi connectivity index (χ0n) is 16.0. The molecule has 0 N–H and O–H groups in total. The van der Waals surface area contributed by atoms with Gasteiger partial charge in [0.1, 0.15) is 5.82 Å². The Morgan fingerprint density at radius 1 is 1.43 bits per heavy atom. The molecule has 1 fully saturated rings. The molecule has 2 heterocycles. The van der Waals surface area contributed by atoms with E-state index in [1.807, 2.05) is 16.4 Å². The summed E-state index contributed by atoms with van der Waals surface area (Å²) in [4.78, 5) is 2.02. The molecule has 7 nitrogen and oxygen atoms in total. The quantitative estimate of drug-likeness (QED) is 0.514. The van der Waals surface area contributed by atoms with Crippen molar-refractivity contribution >= 4 is 5.95 Å². The summed E-state index contributed by atoms with van der Waals surface area (Å²) in [5.74, 6) is 1.42. The van der Waals surface area contributed by atoms with Gasteiger partial charge in [0.05, 0.1) is 25.8 Å². The van der Waals surface area contributed by atoms with Crippen LogP contribution in [0, 0.1) is 17.1 Å². The first-order valence-corrected chi connectivity index (χ1v) is 9.28. The Morgan fingerprint density at radius 3 is 3.00 bits per heavy atom. The monoisotopic (exact) mass is 385 g/mol. The number of hydrogen-bond acceptors (Lipinski definition) is 6. The number of nitriles is 1. The first kappa shape index (κ1) is 19.8. The van der Waals surface area contributed by atoms with Gasteiger partial charge in [0.15, 0.2) is 17.7 Å². The average Bonchev–Trinajstić information content (AvgIpc) is 3.08. The molecule has 28 heavy (non-hydrogen) atoms. The number of para-hydroxylation sites is 1. The molecule has 1 unspecified atom stereocenters. The summed E-state index contributed by atoms with van der Waals surface area (Å²) < 4.78 is 26.6. The van der Waals surface area contributed by atoms with Crippen LogP contribution in [0.2, 0.25) is 0 Å². The highest BCUT2D eigenvalue weighted by molar-refractivity contribution is 5.34. The number of nitrogens with zero attached hydrogens (tertiary/aromatic N) is 5. The first-order valence-electron chi connectivity index (χ1n) is 9.28. The molecule has 0 spiro atoms. The Labute approximate surface area is 164 Å². The van der Waals surface area contributed by atoms with E-state index < -0.39 is 6.10 Å². The summed E-state index contributed by atoms with van der Waals surface area (Å²) >= 11 is 0. The van der Waals surface area contributed by atoms with Gasteiger partial charge in [-0.15, -0.1) is 10.2 Å². The van der Waals surface area contributed by atoms with Gasteiger partial charge in [-0.1, -0.05) is 24.3 Å². The van der Waals surface area contributed by atoms with Crippen LogP contribution in [-0.4, -0.2) is 47.2 Å². The Kier molecular flexibility index (Phi) is 6.61. The van der Waals surface area contributed by atoms with E-state index in [1.165, 1.54) is 6.07 Å². The molecule has 8 heteroatoms. The van der Waals surface area contributed by atoms with Crippen LogP contribution in [0.15, 0.2) is 36.4 Å². The van der Waals surface area contributed by atoms with Crippen molar-refractivity contribution in [3.8, 4) is 11.8 Å². The predicted octanol–water partition coefficient (Wildman–Crippen LogP) is 2.73. The third kappa shape index (κ3) is 4.87. The van der Waals surface area contributed by atoms with Gasteiger partial charge in [0, 0.05) is 19.5 Å². The standard InChI is InChI=1S/C20H24FN5O2/c1-15(2)13-26-19(8-5-10-28-18-7-4-3-6-17(18)21)23-24-20(26)25-9-11-27-16(12-22)14-25/h3-4,6-7,16H,1,5,8-11,13-14H2,2H3. The average molecular weight is 385 g/mol. The third-order valence-electron chi connectivity index (χ3n) is 4.37. The van der Waals surface area contributed by atoms with Crippen molar-refractivity contribution in [3.05, 3.63) is 48.1 Å². The van der Waals surface area contributed by atoms with Crippen molar-refractivity contribution in [3.63, 3.8) is 0 Å². The predicted molar refractivity (Wildman–Crippen MR) is 103 cm³/mol. The SMILES string of the molecule is C=C(C)Cn1c(CCCOc2ccccc2F)nnc1N1CCOC(C#N)C1. The van der Waals surface area contributed by atoms with Crippen molar-refractivity contribution in [1.82, 2.24) is 14.8 Å². The third-order valence-corrected chi connectivity index (χ3v) is 4.37. The highest BCUT2D eigenvalue weighted by atomic mass is 19.1. The molecule has 1 aromatic carbocycles. The van der Waals surface area contributed by atoms with Crippen molar-refractivity contribution in [1.29, 1.82) is 5.26 Å². The molecule has 148 valence electrons. The second-order valence-corrected chi connectivity index (χ2v) is 6.78. The summed E-state index contributed by atoms with van der Waals surface area (Å²) in [5, 5.41) is 17.8. The molecule has 1 aromatic heterocycles. The summed E-state index contributed by atoms with van der Waals surface area (Å²) in [6.07, 6.45) is 0.842. The topological polar surface area (TPSA) is 76.2 Å². The van der Waals surface area contributed by atoms with Gasteiger partial charge < -0.3 is 14.4 Å². The molecule has 1 saturated heterocycles. The fourth-order valence-electron chi connectivity index (χ4n) is 3.06. The maximum absolute atomic E-state index is 13.6. The van der Waals surface area contributed by atoms with Crippen LogP contribution in [0.5, 0.6) is 5.75 Å². The van der Waals surface area contributed by atoms with Gasteiger partial charge in [-0.2, -0.15) is 5.26 Å². The lowest BCUT2D eigenvalue weighted by atomic mass is 10.2. The highest BCUT2D eigenvalue weighted by Crippen LogP contribution is 2.20. The van der Waals surface area contributed by atoms with Gasteiger partial charge >= 0.3 is 0 Å². The van der Waals surface area contributed by atoms with E-state index in [4.69, 9.17) is 14.7 Å². The molecule has 1 aliphatic heterocycles. The number of morpholine rings is 1. The summed E-state index contributed by atoms with van der Waals surface area (Å²) in [7, 11) is 0. The van der Waals surface area contributed by atoms with Crippen LogP contribution in [0.4, 0.5) is 10.3 Å². The van der Waals surface area contributed by atoms with Crippen LogP contribution >= 0.6 is 0 Å². The van der Waals surface area contributed by atoms with Crippen LogP contribution in [0.1, 0.15) is 19.2 Å². The zero-order chi connectivity index (χ0) is 19.9. The molecule has 3 rings (SSSR count). The minimum Gasteiger partial charge on any atom is -0.491 e. The smallest absolute Gasteiger partial charge is 0.227 e. The van der Waals surface area contributed by atoms with E-state index in [0.717, 1.165) is 17.3 Å². The number of rotatable bonds is 8. The largest absolute Gasteiger partial charge is 0.491 e. The molecule has 2 aromatic rings. The minimum atomic E-state index is -0.471. The number of hydrogen-bond donors (Lipinski definition) is 0. The lowest BCUT2D eigenvalue weighted by molar-refractivity contribution is 0.0755. The van der Waals surface area contributed by atoms with Crippen LogP contribution in [0.3, 0.4) is 0 Å². The van der Waals surface area contributed by atoms with Crippen LogP contribution in [-0.2, 0) is 17.7 Å². The summed E-state index contributed by atoms with van der Waals surface area (Å²) in [5.41, 5.74) is 0.981. The van der Waals surface area contributed by atoms with E-state index in [9.17, 15) is 4.39 Å². The van der Waals surface area contributed by atoms with Gasteiger partial charge in [-0.25, -0.2) is 4.39 Å². The maximum Gasteiger partial charge on any atom is 0.227 e. The second-order valence-electron chi connectivity index (χ2n) is 6.78. The molecule has 0 aliphatic carbocycles. The molecule has 0 amide bonds. The molecule has 0 saturated carbocycles. The molecule has 0 radical (unpaired) electrons. The molecule has 1 aliphatic rings. The lowest BCUT2D eigenvalue weighted by Gasteiger charge is -2.30. The number of aryl methyl sites for hydroxylation is 1. The fourth-order valence-corrected chi connectivity index (χ4v) is 3.06. The lowest BCUT2D eigenvalue weighted by Crippen LogP contribution is -2.43. The van der Waals surface area contributed by atoms with Crippen molar-refractivity contribution in [2.24, 2.45) is 0 Å². The molecular formula is C20H24FN5O2. The molecule has 0 bridgehead atoms. The first-order chi connectivity index (χ1) is 13.6. The van der Waals surface area contributed by atoms with Gasteiger partial charge in [0.25, 0.3) is 0 Å². The fraction of sp³-hybridized carbons (Fsp3) is 0.450. The number of halogens is 1. The van der Waals surface area contributed by atoms with Gasteiger partial charge in [0.2, 0.25) is 5.95 Å². The Balaban J connectivity index is 1.65. The maximum atomic E-state index is 13.6. The highest BCUT2D eigenvalue weighted by Gasteiger charge is 2.25. The summed E-state index contributed by atoms with van der Waals surface area (Å²) in [6, 6.07) is 8.51. The Morgan fingerprint density at radius 2 is 2.25 bits per heavy atom. The van der Waals surface area contributed by atoms with E-state index in [0.29, 0.717) is 45.7 Å². The second kappa shape index (κ2) is 9.33.